The van der Waals surface area contributed by atoms with Crippen molar-refractivity contribution in [1.82, 2.24) is 9.97 Å². The van der Waals surface area contributed by atoms with E-state index in [1.807, 2.05) is 0 Å². The van der Waals surface area contributed by atoms with Crippen molar-refractivity contribution in [2.45, 2.75) is 19.3 Å². The highest BCUT2D eigenvalue weighted by molar-refractivity contribution is 5.85. The molecule has 0 bridgehead atoms. The zero-order chi connectivity index (χ0) is 13.0. The smallest absolute Gasteiger partial charge is 0.221 e. The van der Waals surface area contributed by atoms with Gasteiger partial charge in [-0.2, -0.15) is 4.98 Å². The summed E-state index contributed by atoms with van der Waals surface area (Å²) in [7, 11) is 0. The van der Waals surface area contributed by atoms with Gasteiger partial charge < -0.3 is 21.4 Å². The number of aromatic nitrogens is 2. The standard InChI is InChI=1S/C11H17N5O2/c12-10-13-4-8(5-15-18)9(16-10)14-6-11(7-17)2-1-3-11/h4-5,17-18H,1-3,6-7H2,(H3,12,13,14,16)/b15-5+. The van der Waals surface area contributed by atoms with Crippen molar-refractivity contribution in [2.24, 2.45) is 10.6 Å². The zero-order valence-electron chi connectivity index (χ0n) is 10.0. The lowest BCUT2D eigenvalue weighted by Crippen LogP contribution is -2.40. The Labute approximate surface area is 105 Å². The molecule has 98 valence electrons. The first-order valence-corrected chi connectivity index (χ1v) is 5.84. The number of hydrogen-bond acceptors (Lipinski definition) is 7. The fourth-order valence-electron chi connectivity index (χ4n) is 2.04. The minimum absolute atomic E-state index is 0.0622. The second-order valence-electron chi connectivity index (χ2n) is 4.64. The Bertz CT molecular complexity index is 440. The molecule has 1 aliphatic carbocycles. The van der Waals surface area contributed by atoms with Gasteiger partial charge in [-0.1, -0.05) is 11.6 Å². The molecule has 1 aliphatic rings. The second-order valence-corrected chi connectivity index (χ2v) is 4.64. The van der Waals surface area contributed by atoms with Gasteiger partial charge in [0.25, 0.3) is 0 Å². The van der Waals surface area contributed by atoms with Crippen LogP contribution in [-0.4, -0.2) is 39.6 Å². The van der Waals surface area contributed by atoms with E-state index in [4.69, 9.17) is 10.9 Å². The monoisotopic (exact) mass is 251 g/mol. The van der Waals surface area contributed by atoms with Crippen LogP contribution < -0.4 is 11.1 Å². The molecular formula is C11H17N5O2. The summed E-state index contributed by atoms with van der Waals surface area (Å²) in [6.07, 6.45) is 5.87. The number of nitrogens with one attached hydrogen (secondary N) is 1. The molecule has 0 aromatic carbocycles. The van der Waals surface area contributed by atoms with Crippen LogP contribution in [0, 0.1) is 5.41 Å². The predicted octanol–water partition coefficient (Wildman–Crippen LogP) is 0.441. The minimum Gasteiger partial charge on any atom is -0.411 e. The van der Waals surface area contributed by atoms with Gasteiger partial charge in [-0.15, -0.1) is 0 Å². The van der Waals surface area contributed by atoms with Gasteiger partial charge >= 0.3 is 0 Å². The molecule has 1 aromatic heterocycles. The maximum absolute atomic E-state index is 9.38. The van der Waals surface area contributed by atoms with Crippen LogP contribution in [0.5, 0.6) is 0 Å². The third-order valence-corrected chi connectivity index (χ3v) is 3.41. The summed E-state index contributed by atoms with van der Waals surface area (Å²) in [6, 6.07) is 0. The highest BCUT2D eigenvalue weighted by Crippen LogP contribution is 2.40. The van der Waals surface area contributed by atoms with E-state index in [9.17, 15) is 5.11 Å². The summed E-state index contributed by atoms with van der Waals surface area (Å²) >= 11 is 0. The normalized spacial score (nSPS) is 17.6. The van der Waals surface area contributed by atoms with Crippen LogP contribution in [0.1, 0.15) is 24.8 Å². The summed E-state index contributed by atoms with van der Waals surface area (Å²) in [5.41, 5.74) is 6.02. The van der Waals surface area contributed by atoms with Crippen molar-refractivity contribution < 1.29 is 10.3 Å². The molecule has 0 spiro atoms. The maximum atomic E-state index is 9.38. The first-order chi connectivity index (χ1) is 8.69. The molecule has 1 heterocycles. The van der Waals surface area contributed by atoms with Gasteiger partial charge in [-0.25, -0.2) is 4.98 Å². The van der Waals surface area contributed by atoms with Gasteiger partial charge in [0.1, 0.15) is 5.82 Å². The van der Waals surface area contributed by atoms with Crippen LogP contribution in [0.25, 0.3) is 0 Å². The lowest BCUT2D eigenvalue weighted by Gasteiger charge is -2.40. The number of anilines is 2. The molecule has 0 radical (unpaired) electrons. The first-order valence-electron chi connectivity index (χ1n) is 5.84. The number of oxime groups is 1. The van der Waals surface area contributed by atoms with Gasteiger partial charge in [-0.05, 0) is 12.8 Å². The Hall–Kier alpha value is -1.89. The van der Waals surface area contributed by atoms with Gasteiger partial charge in [0, 0.05) is 18.2 Å². The number of nitrogens with two attached hydrogens (primary N) is 1. The van der Waals surface area contributed by atoms with Crippen LogP contribution in [0.4, 0.5) is 11.8 Å². The molecule has 1 saturated carbocycles. The average molecular weight is 251 g/mol. The van der Waals surface area contributed by atoms with E-state index < -0.39 is 0 Å². The molecule has 1 aromatic rings. The zero-order valence-corrected chi connectivity index (χ0v) is 10.0. The number of aliphatic hydroxyl groups excluding tert-OH is 1. The fraction of sp³-hybridized carbons (Fsp3) is 0.545. The minimum atomic E-state index is -0.0622. The summed E-state index contributed by atoms with van der Waals surface area (Å²) in [4.78, 5) is 7.89. The van der Waals surface area contributed by atoms with E-state index in [1.54, 1.807) is 0 Å². The van der Waals surface area contributed by atoms with E-state index in [0.29, 0.717) is 17.9 Å². The van der Waals surface area contributed by atoms with Crippen molar-refractivity contribution in [2.75, 3.05) is 24.2 Å². The molecule has 0 atom stereocenters. The Morgan fingerprint density at radius 2 is 2.33 bits per heavy atom. The van der Waals surface area contributed by atoms with E-state index in [1.165, 1.54) is 12.4 Å². The van der Waals surface area contributed by atoms with Gasteiger partial charge in [0.2, 0.25) is 5.95 Å². The second kappa shape index (κ2) is 5.18. The predicted molar refractivity (Wildman–Crippen MR) is 67.7 cm³/mol. The summed E-state index contributed by atoms with van der Waals surface area (Å²) < 4.78 is 0. The number of nitrogens with zero attached hydrogens (tertiary/aromatic N) is 3. The highest BCUT2D eigenvalue weighted by Gasteiger charge is 2.36. The molecule has 0 amide bonds. The van der Waals surface area contributed by atoms with Crippen molar-refractivity contribution in [3.8, 4) is 0 Å². The van der Waals surface area contributed by atoms with Crippen molar-refractivity contribution in [3.63, 3.8) is 0 Å². The van der Waals surface area contributed by atoms with Crippen LogP contribution in [0.3, 0.4) is 0 Å². The topological polar surface area (TPSA) is 117 Å². The third-order valence-electron chi connectivity index (χ3n) is 3.41. The highest BCUT2D eigenvalue weighted by atomic mass is 16.4. The number of hydrogen-bond donors (Lipinski definition) is 4. The third kappa shape index (κ3) is 2.51. The maximum Gasteiger partial charge on any atom is 0.221 e. The largest absolute Gasteiger partial charge is 0.411 e. The molecule has 0 saturated heterocycles. The van der Waals surface area contributed by atoms with E-state index in [2.05, 4.69) is 20.4 Å². The van der Waals surface area contributed by atoms with E-state index in [-0.39, 0.29) is 18.0 Å². The Balaban J connectivity index is 2.10. The van der Waals surface area contributed by atoms with Crippen molar-refractivity contribution >= 4 is 18.0 Å². The number of aliphatic hydroxyl groups is 1. The van der Waals surface area contributed by atoms with Crippen molar-refractivity contribution in [3.05, 3.63) is 11.8 Å². The molecule has 7 heteroatoms. The Morgan fingerprint density at radius 3 is 2.89 bits per heavy atom. The van der Waals surface area contributed by atoms with Crippen LogP contribution >= 0.6 is 0 Å². The van der Waals surface area contributed by atoms with Gasteiger partial charge in [0.05, 0.1) is 18.4 Å². The molecule has 1 fully saturated rings. The SMILES string of the molecule is Nc1ncc(/C=N/O)c(NCC2(CO)CCC2)n1. The molecule has 0 unspecified atom stereocenters. The van der Waals surface area contributed by atoms with Crippen LogP contribution in [-0.2, 0) is 0 Å². The van der Waals surface area contributed by atoms with Gasteiger partial charge in [0.15, 0.2) is 0 Å². The first kappa shape index (κ1) is 12.6. The molecule has 0 aliphatic heterocycles. The lowest BCUT2D eigenvalue weighted by molar-refractivity contribution is 0.0576. The molecular weight excluding hydrogens is 234 g/mol. The van der Waals surface area contributed by atoms with E-state index in [0.717, 1.165) is 19.3 Å². The average Bonchev–Trinajstić information content (AvgIpc) is 2.32. The Morgan fingerprint density at radius 1 is 1.56 bits per heavy atom. The summed E-state index contributed by atoms with van der Waals surface area (Å²) in [6.45, 7) is 0.774. The summed E-state index contributed by atoms with van der Waals surface area (Å²) in [5, 5.41) is 24.0. The molecule has 18 heavy (non-hydrogen) atoms. The molecule has 5 N–H and O–H groups in total. The van der Waals surface area contributed by atoms with Crippen LogP contribution in [0.15, 0.2) is 11.4 Å². The Kier molecular flexibility index (Phi) is 3.61. The van der Waals surface area contributed by atoms with Gasteiger partial charge in [-0.3, -0.25) is 0 Å². The van der Waals surface area contributed by atoms with E-state index >= 15 is 0 Å². The van der Waals surface area contributed by atoms with Crippen LogP contribution in [0.2, 0.25) is 0 Å². The molecule has 2 rings (SSSR count). The number of rotatable bonds is 5. The molecule has 7 nitrogen and oxygen atoms in total. The lowest BCUT2D eigenvalue weighted by atomic mass is 9.69. The number of nitrogen functional groups attached to an aromatic ring is 1. The quantitative estimate of drug-likeness (QED) is 0.343. The fourth-order valence-corrected chi connectivity index (χ4v) is 2.04. The van der Waals surface area contributed by atoms with Crippen molar-refractivity contribution in [1.29, 1.82) is 0 Å². The summed E-state index contributed by atoms with van der Waals surface area (Å²) in [5.74, 6) is 0.666.